The molecular formula is C8H13NO6S. The van der Waals surface area contributed by atoms with Crippen molar-refractivity contribution < 1.29 is 28.2 Å². The van der Waals surface area contributed by atoms with Gasteiger partial charge in [0, 0.05) is 19.2 Å². The summed E-state index contributed by atoms with van der Waals surface area (Å²) in [6, 6.07) is -1.13. The van der Waals surface area contributed by atoms with Gasteiger partial charge in [-0.05, 0) is 0 Å². The molecule has 1 amide bonds. The van der Waals surface area contributed by atoms with E-state index in [1.54, 1.807) is 0 Å². The minimum atomic E-state index is -3.49. The minimum Gasteiger partial charge on any atom is -0.480 e. The lowest BCUT2D eigenvalue weighted by Gasteiger charge is -2.20. The molecule has 0 aromatic carbocycles. The zero-order chi connectivity index (χ0) is 12.5. The van der Waals surface area contributed by atoms with Gasteiger partial charge < -0.3 is 15.1 Å². The summed E-state index contributed by atoms with van der Waals surface area (Å²) in [4.78, 5) is 23.2. The van der Waals surface area contributed by atoms with Crippen molar-refractivity contribution in [2.75, 3.05) is 18.6 Å². The predicted molar refractivity (Wildman–Crippen MR) is 53.5 cm³/mol. The maximum absolute atomic E-state index is 11.5. The number of β-amino-alcohol motifs (C(OH)–C–C–N with tert-alkyl or cyclic N) is 1. The van der Waals surface area contributed by atoms with Gasteiger partial charge in [0.25, 0.3) is 0 Å². The van der Waals surface area contributed by atoms with E-state index >= 15 is 0 Å². The smallest absolute Gasteiger partial charge is 0.326 e. The molecule has 0 aromatic rings. The Morgan fingerprint density at radius 2 is 2.00 bits per heavy atom. The number of amides is 1. The Balaban J connectivity index is 2.79. The molecular weight excluding hydrogens is 238 g/mol. The molecule has 1 rings (SSSR count). The fourth-order valence-electron chi connectivity index (χ4n) is 1.63. The second kappa shape index (κ2) is 4.38. The lowest BCUT2D eigenvalue weighted by molar-refractivity contribution is -0.147. The van der Waals surface area contributed by atoms with Crippen molar-refractivity contribution in [2.45, 2.75) is 18.6 Å². The van der Waals surface area contributed by atoms with Crippen LogP contribution in [0.3, 0.4) is 0 Å². The number of carbonyl (C=O) groups is 2. The summed E-state index contributed by atoms with van der Waals surface area (Å²) in [7, 11) is -3.49. The molecule has 0 radical (unpaired) electrons. The number of hydrogen-bond donors (Lipinski definition) is 2. The Morgan fingerprint density at radius 3 is 2.44 bits per heavy atom. The van der Waals surface area contributed by atoms with Crippen LogP contribution in [0.15, 0.2) is 0 Å². The molecule has 0 aromatic heterocycles. The molecule has 1 aliphatic rings. The standard InChI is InChI=1S/C8H13NO6S/c1-16(14,15)4-7(11)9-3-5(10)2-6(9)8(12)13/h5-6,10H,2-4H2,1H3,(H,12,13)/t5-,6-/m0/s1. The molecule has 1 saturated heterocycles. The molecule has 0 aliphatic carbocycles. The lowest BCUT2D eigenvalue weighted by atomic mass is 10.2. The number of rotatable bonds is 3. The van der Waals surface area contributed by atoms with E-state index in [0.29, 0.717) is 0 Å². The Bertz CT molecular complexity index is 403. The van der Waals surface area contributed by atoms with E-state index < -0.39 is 39.6 Å². The molecule has 7 nitrogen and oxygen atoms in total. The van der Waals surface area contributed by atoms with Gasteiger partial charge in [0.1, 0.15) is 11.8 Å². The molecule has 1 heterocycles. The van der Waals surface area contributed by atoms with Gasteiger partial charge in [-0.1, -0.05) is 0 Å². The van der Waals surface area contributed by atoms with E-state index in [9.17, 15) is 23.1 Å². The maximum Gasteiger partial charge on any atom is 0.326 e. The predicted octanol–water partition coefficient (Wildman–Crippen LogP) is -1.92. The molecule has 0 saturated carbocycles. The summed E-state index contributed by atoms with van der Waals surface area (Å²) in [6.07, 6.45) is -0.0810. The SMILES string of the molecule is CS(=O)(=O)CC(=O)N1C[C@@H](O)C[C@H]1C(=O)O. The molecule has 16 heavy (non-hydrogen) atoms. The van der Waals surface area contributed by atoms with Crippen LogP contribution in [0.2, 0.25) is 0 Å². The van der Waals surface area contributed by atoms with Crippen molar-refractivity contribution in [3.63, 3.8) is 0 Å². The van der Waals surface area contributed by atoms with Crippen LogP contribution in [-0.4, -0.2) is 66.1 Å². The number of aliphatic hydroxyl groups is 1. The van der Waals surface area contributed by atoms with E-state index in [1.165, 1.54) is 0 Å². The van der Waals surface area contributed by atoms with Gasteiger partial charge in [-0.25, -0.2) is 13.2 Å². The number of nitrogens with zero attached hydrogens (tertiary/aromatic N) is 1. The fourth-order valence-corrected chi connectivity index (χ4v) is 2.25. The number of carbonyl (C=O) groups excluding carboxylic acids is 1. The monoisotopic (exact) mass is 251 g/mol. The molecule has 0 unspecified atom stereocenters. The van der Waals surface area contributed by atoms with Crippen LogP contribution in [0.4, 0.5) is 0 Å². The Kier molecular flexibility index (Phi) is 3.54. The molecule has 0 spiro atoms. The third-order valence-electron chi connectivity index (χ3n) is 2.27. The first-order valence-electron chi connectivity index (χ1n) is 4.59. The molecule has 8 heteroatoms. The van der Waals surface area contributed by atoms with Crippen LogP contribution in [0.25, 0.3) is 0 Å². The zero-order valence-electron chi connectivity index (χ0n) is 8.66. The van der Waals surface area contributed by atoms with E-state index in [4.69, 9.17) is 5.11 Å². The van der Waals surface area contributed by atoms with Gasteiger partial charge in [-0.3, -0.25) is 4.79 Å². The van der Waals surface area contributed by atoms with Crippen LogP contribution in [-0.2, 0) is 19.4 Å². The Labute approximate surface area is 92.6 Å². The van der Waals surface area contributed by atoms with Crippen LogP contribution in [0.1, 0.15) is 6.42 Å². The summed E-state index contributed by atoms with van der Waals surface area (Å²) < 4.78 is 21.8. The van der Waals surface area contributed by atoms with Crippen molar-refractivity contribution in [1.29, 1.82) is 0 Å². The molecule has 1 aliphatic heterocycles. The average Bonchev–Trinajstić information content (AvgIpc) is 2.44. The van der Waals surface area contributed by atoms with Gasteiger partial charge >= 0.3 is 5.97 Å². The lowest BCUT2D eigenvalue weighted by Crippen LogP contribution is -2.43. The highest BCUT2D eigenvalue weighted by Crippen LogP contribution is 2.18. The van der Waals surface area contributed by atoms with Gasteiger partial charge in [-0.15, -0.1) is 0 Å². The minimum absolute atomic E-state index is 0.0646. The number of carboxylic acid groups (broad SMARTS) is 1. The van der Waals surface area contributed by atoms with E-state index in [1.807, 2.05) is 0 Å². The molecule has 92 valence electrons. The first-order chi connectivity index (χ1) is 7.20. The number of hydrogen-bond acceptors (Lipinski definition) is 5. The summed E-state index contributed by atoms with van der Waals surface area (Å²) in [5.41, 5.74) is 0. The van der Waals surface area contributed by atoms with Gasteiger partial charge in [0.05, 0.1) is 6.10 Å². The molecule has 2 N–H and O–H groups in total. The maximum atomic E-state index is 11.5. The molecule has 2 atom stereocenters. The third kappa shape index (κ3) is 3.17. The van der Waals surface area contributed by atoms with Crippen molar-refractivity contribution in [3.8, 4) is 0 Å². The van der Waals surface area contributed by atoms with E-state index in [0.717, 1.165) is 11.2 Å². The second-order valence-corrected chi connectivity index (χ2v) is 6.00. The molecule has 1 fully saturated rings. The number of sulfone groups is 1. The highest BCUT2D eigenvalue weighted by molar-refractivity contribution is 7.91. The topological polar surface area (TPSA) is 112 Å². The Morgan fingerprint density at radius 1 is 1.44 bits per heavy atom. The largest absolute Gasteiger partial charge is 0.480 e. The number of aliphatic hydroxyl groups excluding tert-OH is 1. The van der Waals surface area contributed by atoms with Gasteiger partial charge in [-0.2, -0.15) is 0 Å². The summed E-state index contributed by atoms with van der Waals surface area (Å²) in [5.74, 6) is -2.76. The summed E-state index contributed by atoms with van der Waals surface area (Å²) >= 11 is 0. The summed E-state index contributed by atoms with van der Waals surface area (Å²) in [5, 5.41) is 18.1. The van der Waals surface area contributed by atoms with Gasteiger partial charge in [0.15, 0.2) is 9.84 Å². The fraction of sp³-hybridized carbons (Fsp3) is 0.750. The van der Waals surface area contributed by atoms with Crippen LogP contribution in [0.5, 0.6) is 0 Å². The first kappa shape index (κ1) is 12.9. The second-order valence-electron chi connectivity index (χ2n) is 3.86. The highest BCUT2D eigenvalue weighted by atomic mass is 32.2. The van der Waals surface area contributed by atoms with Crippen molar-refractivity contribution in [1.82, 2.24) is 4.90 Å². The van der Waals surface area contributed by atoms with Crippen molar-refractivity contribution in [2.24, 2.45) is 0 Å². The van der Waals surface area contributed by atoms with Gasteiger partial charge in [0.2, 0.25) is 5.91 Å². The summed E-state index contributed by atoms with van der Waals surface area (Å²) in [6.45, 7) is -0.134. The normalized spacial score (nSPS) is 25.8. The van der Waals surface area contributed by atoms with Crippen LogP contribution in [0, 0.1) is 0 Å². The number of likely N-dealkylation sites (tertiary alicyclic amines) is 1. The third-order valence-corrected chi connectivity index (χ3v) is 3.04. The van der Waals surface area contributed by atoms with Crippen LogP contribution >= 0.6 is 0 Å². The number of carboxylic acids is 1. The van der Waals surface area contributed by atoms with Crippen molar-refractivity contribution >= 4 is 21.7 Å². The average molecular weight is 251 g/mol. The van der Waals surface area contributed by atoms with E-state index in [-0.39, 0.29) is 13.0 Å². The van der Waals surface area contributed by atoms with Crippen molar-refractivity contribution in [3.05, 3.63) is 0 Å². The number of aliphatic carboxylic acids is 1. The zero-order valence-corrected chi connectivity index (χ0v) is 9.48. The quantitative estimate of drug-likeness (QED) is 0.604. The van der Waals surface area contributed by atoms with E-state index in [2.05, 4.69) is 0 Å². The van der Waals surface area contributed by atoms with Crippen LogP contribution < -0.4 is 0 Å². The highest BCUT2D eigenvalue weighted by Gasteiger charge is 2.39. The Hall–Kier alpha value is -1.15. The first-order valence-corrected chi connectivity index (χ1v) is 6.65. The molecule has 0 bridgehead atoms.